The zero-order valence-corrected chi connectivity index (χ0v) is 21.2. The Morgan fingerprint density at radius 3 is 2.18 bits per heavy atom. The average Bonchev–Trinajstić information content (AvgIpc) is 2.85. The number of para-hydroxylation sites is 1. The molecule has 0 aliphatic rings. The van der Waals surface area contributed by atoms with Gasteiger partial charge >= 0.3 is 0 Å². The summed E-state index contributed by atoms with van der Waals surface area (Å²) in [5, 5.41) is 13.5. The minimum absolute atomic E-state index is 0. The second kappa shape index (κ2) is 14.5. The Bertz CT molecular complexity index is 900. The van der Waals surface area contributed by atoms with Crippen molar-refractivity contribution in [1.29, 1.82) is 5.26 Å². The molecular weight excluding hydrogens is 440 g/mol. The summed E-state index contributed by atoms with van der Waals surface area (Å²) in [5.74, 6) is 2.91. The Balaban J connectivity index is 0.00000544. The lowest BCUT2D eigenvalue weighted by Crippen LogP contribution is -2.26. The van der Waals surface area contributed by atoms with Gasteiger partial charge in [-0.3, -0.25) is 0 Å². The van der Waals surface area contributed by atoms with E-state index in [1.165, 1.54) is 0 Å². The monoisotopic (exact) mass is 476 g/mol. The third-order valence-corrected chi connectivity index (χ3v) is 5.99. The first-order chi connectivity index (χ1) is 15.6. The number of ether oxygens (including phenoxy) is 4. The molecule has 7 heteroatoms. The molecule has 0 saturated heterocycles. The van der Waals surface area contributed by atoms with Gasteiger partial charge in [-0.05, 0) is 74.5 Å². The second-order valence-corrected chi connectivity index (χ2v) is 7.73. The maximum Gasteiger partial charge on any atom is 0.163 e. The molecule has 6 nitrogen and oxygen atoms in total. The Morgan fingerprint density at radius 2 is 1.58 bits per heavy atom. The van der Waals surface area contributed by atoms with E-state index in [4.69, 9.17) is 18.9 Å². The highest BCUT2D eigenvalue weighted by Gasteiger charge is 2.30. The van der Waals surface area contributed by atoms with E-state index < -0.39 is 5.41 Å². The number of hydrogen-bond donors (Lipinski definition) is 1. The molecule has 0 fully saturated rings. The fourth-order valence-corrected chi connectivity index (χ4v) is 4.05. The van der Waals surface area contributed by atoms with Crippen molar-refractivity contribution in [3.05, 3.63) is 47.5 Å². The van der Waals surface area contributed by atoms with E-state index in [1.807, 2.05) is 30.3 Å². The van der Waals surface area contributed by atoms with Crippen molar-refractivity contribution in [2.45, 2.75) is 44.4 Å². The van der Waals surface area contributed by atoms with E-state index in [2.05, 4.69) is 24.4 Å². The highest BCUT2D eigenvalue weighted by Crippen LogP contribution is 2.37. The summed E-state index contributed by atoms with van der Waals surface area (Å²) in [6.45, 7) is 3.84. The summed E-state index contributed by atoms with van der Waals surface area (Å²) in [5.41, 5.74) is 1.59. The van der Waals surface area contributed by atoms with Crippen LogP contribution in [0.2, 0.25) is 0 Å². The maximum absolute atomic E-state index is 10.0. The van der Waals surface area contributed by atoms with Crippen molar-refractivity contribution in [3.8, 4) is 29.1 Å². The SMILES string of the molecule is CCC(C#N)(CCCNCCCc1cccc(OC)c1OC)c1ccc(OC)c(OC)c1.Cl. The highest BCUT2D eigenvalue weighted by molar-refractivity contribution is 5.85. The largest absolute Gasteiger partial charge is 0.493 e. The van der Waals surface area contributed by atoms with Crippen LogP contribution in [0.15, 0.2) is 36.4 Å². The number of halogens is 1. The van der Waals surface area contributed by atoms with Gasteiger partial charge in [-0.1, -0.05) is 25.1 Å². The normalized spacial score (nSPS) is 12.1. The number of hydrogen-bond acceptors (Lipinski definition) is 6. The molecule has 0 aliphatic heterocycles. The second-order valence-electron chi connectivity index (χ2n) is 7.73. The molecule has 182 valence electrons. The number of nitriles is 1. The predicted molar refractivity (Wildman–Crippen MR) is 134 cm³/mol. The fraction of sp³-hybridized carbons (Fsp3) is 0.500. The zero-order valence-electron chi connectivity index (χ0n) is 20.4. The lowest BCUT2D eigenvalue weighted by molar-refractivity contribution is 0.351. The van der Waals surface area contributed by atoms with Gasteiger partial charge in [0.15, 0.2) is 23.0 Å². The van der Waals surface area contributed by atoms with E-state index in [1.54, 1.807) is 28.4 Å². The minimum Gasteiger partial charge on any atom is -0.493 e. The van der Waals surface area contributed by atoms with Crippen LogP contribution >= 0.6 is 12.4 Å². The quantitative estimate of drug-likeness (QED) is 0.372. The summed E-state index contributed by atoms with van der Waals surface area (Å²) in [7, 11) is 6.56. The van der Waals surface area contributed by atoms with Crippen LogP contribution in [-0.2, 0) is 11.8 Å². The third kappa shape index (κ3) is 7.18. The van der Waals surface area contributed by atoms with E-state index >= 15 is 0 Å². The molecule has 0 bridgehead atoms. The number of nitrogens with zero attached hydrogens (tertiary/aromatic N) is 1. The first-order valence-corrected chi connectivity index (χ1v) is 11.1. The summed E-state index contributed by atoms with van der Waals surface area (Å²) >= 11 is 0. The molecule has 1 atom stereocenters. The minimum atomic E-state index is -0.533. The number of nitrogens with one attached hydrogen (secondary N) is 1. The fourth-order valence-electron chi connectivity index (χ4n) is 4.05. The summed E-state index contributed by atoms with van der Waals surface area (Å²) in [4.78, 5) is 0. The van der Waals surface area contributed by atoms with Crippen LogP contribution < -0.4 is 24.3 Å². The summed E-state index contributed by atoms with van der Waals surface area (Å²) in [6, 6.07) is 14.3. The number of methoxy groups -OCH3 is 4. The summed E-state index contributed by atoms with van der Waals surface area (Å²) in [6.07, 6.45) is 4.35. The van der Waals surface area contributed by atoms with Crippen LogP contribution in [0.5, 0.6) is 23.0 Å². The van der Waals surface area contributed by atoms with Crippen LogP contribution in [0.25, 0.3) is 0 Å². The van der Waals surface area contributed by atoms with Gasteiger partial charge in [0.25, 0.3) is 0 Å². The summed E-state index contributed by atoms with van der Waals surface area (Å²) < 4.78 is 21.6. The standard InChI is InChI=1S/C26H36N2O4.ClH/c1-6-26(19-27,21-13-14-22(29-2)24(18-21)31-4)15-9-17-28-16-8-11-20-10-7-12-23(30-3)25(20)32-5;/h7,10,12-14,18,28H,6,8-9,11,15-17H2,1-5H3;1H. The molecule has 2 aromatic rings. The van der Waals surface area contributed by atoms with Crippen LogP contribution in [0.1, 0.15) is 43.7 Å². The van der Waals surface area contributed by atoms with Gasteiger partial charge in [0, 0.05) is 0 Å². The Morgan fingerprint density at radius 1 is 0.879 bits per heavy atom. The van der Waals surface area contributed by atoms with Gasteiger partial charge in [0.1, 0.15) is 0 Å². The number of rotatable bonds is 14. The van der Waals surface area contributed by atoms with Gasteiger partial charge in [0.05, 0.1) is 39.9 Å². The smallest absolute Gasteiger partial charge is 0.163 e. The molecule has 1 unspecified atom stereocenters. The van der Waals surface area contributed by atoms with E-state index in [0.29, 0.717) is 11.5 Å². The lowest BCUT2D eigenvalue weighted by atomic mass is 9.75. The van der Waals surface area contributed by atoms with Gasteiger partial charge < -0.3 is 24.3 Å². The van der Waals surface area contributed by atoms with Crippen molar-refractivity contribution in [2.24, 2.45) is 0 Å². The molecule has 0 aliphatic carbocycles. The van der Waals surface area contributed by atoms with Crippen molar-refractivity contribution in [2.75, 3.05) is 41.5 Å². The van der Waals surface area contributed by atoms with Crippen molar-refractivity contribution in [3.63, 3.8) is 0 Å². The third-order valence-electron chi connectivity index (χ3n) is 5.99. The molecule has 2 rings (SSSR count). The Labute approximate surface area is 204 Å². The van der Waals surface area contributed by atoms with Gasteiger partial charge in [-0.15, -0.1) is 12.4 Å². The Kier molecular flexibility index (Phi) is 12.5. The van der Waals surface area contributed by atoms with Gasteiger partial charge in [0.2, 0.25) is 0 Å². The lowest BCUT2D eigenvalue weighted by Gasteiger charge is -2.26. The van der Waals surface area contributed by atoms with Gasteiger partial charge in [-0.2, -0.15) is 5.26 Å². The van der Waals surface area contributed by atoms with E-state index in [-0.39, 0.29) is 12.4 Å². The molecule has 0 radical (unpaired) electrons. The molecule has 0 aromatic heterocycles. The molecule has 0 spiro atoms. The van der Waals surface area contributed by atoms with Crippen LogP contribution in [-0.4, -0.2) is 41.5 Å². The molecule has 0 saturated carbocycles. The molecular formula is C26H37ClN2O4. The molecule has 2 aromatic carbocycles. The molecule has 1 N–H and O–H groups in total. The average molecular weight is 477 g/mol. The van der Waals surface area contributed by atoms with E-state index in [9.17, 15) is 5.26 Å². The van der Waals surface area contributed by atoms with Crippen LogP contribution in [0.3, 0.4) is 0 Å². The molecule has 0 heterocycles. The first-order valence-electron chi connectivity index (χ1n) is 11.1. The number of aryl methyl sites for hydroxylation is 1. The van der Waals surface area contributed by atoms with Crippen molar-refractivity contribution in [1.82, 2.24) is 5.32 Å². The predicted octanol–water partition coefficient (Wildman–Crippen LogP) is 5.32. The van der Waals surface area contributed by atoms with Gasteiger partial charge in [-0.25, -0.2) is 0 Å². The van der Waals surface area contributed by atoms with Crippen LogP contribution in [0.4, 0.5) is 0 Å². The molecule has 0 amide bonds. The Hall–Kier alpha value is -2.62. The molecule has 33 heavy (non-hydrogen) atoms. The maximum atomic E-state index is 10.0. The first kappa shape index (κ1) is 28.4. The van der Waals surface area contributed by atoms with Crippen molar-refractivity contribution >= 4 is 12.4 Å². The topological polar surface area (TPSA) is 72.7 Å². The van der Waals surface area contributed by atoms with Crippen molar-refractivity contribution < 1.29 is 18.9 Å². The highest BCUT2D eigenvalue weighted by atomic mass is 35.5. The van der Waals surface area contributed by atoms with Crippen LogP contribution in [0, 0.1) is 11.3 Å². The van der Waals surface area contributed by atoms with E-state index in [0.717, 1.165) is 67.8 Å². The number of benzene rings is 2. The zero-order chi connectivity index (χ0) is 23.4.